The van der Waals surface area contributed by atoms with Crippen LogP contribution in [-0.4, -0.2) is 64.6 Å². The van der Waals surface area contributed by atoms with Gasteiger partial charge in [0, 0.05) is 20.0 Å². The molecule has 1 unspecified atom stereocenters. The van der Waals surface area contributed by atoms with E-state index in [-0.39, 0.29) is 36.8 Å². The van der Waals surface area contributed by atoms with Gasteiger partial charge in [-0.1, -0.05) is 30.3 Å². The molecule has 1 aromatic rings. The third-order valence-electron chi connectivity index (χ3n) is 6.20. The van der Waals surface area contributed by atoms with Gasteiger partial charge < -0.3 is 19.9 Å². The number of benzene rings is 1. The van der Waals surface area contributed by atoms with E-state index in [9.17, 15) is 9.90 Å². The Bertz CT molecular complexity index is 661. The fourth-order valence-corrected chi connectivity index (χ4v) is 4.04. The Kier molecular flexibility index (Phi) is 5.64. The second kappa shape index (κ2) is 7.51. The number of nitrogens with one attached hydrogen (secondary N) is 1. The first-order valence-corrected chi connectivity index (χ1v) is 9.67. The maximum Gasteiger partial charge on any atom is 0.216 e. The van der Waals surface area contributed by atoms with E-state index in [1.54, 1.807) is 0 Å². The zero-order chi connectivity index (χ0) is 19.8. The predicted octanol–water partition coefficient (Wildman–Crippen LogP) is 1.71. The van der Waals surface area contributed by atoms with Crippen molar-refractivity contribution in [2.24, 2.45) is 0 Å². The minimum Gasteiger partial charge on any atom is -0.395 e. The standard InChI is InChI=1S/C21H32N2O4/c1-14(25)22-11-16-18-19(27-21(4,5)20(2,3)26-18)17(13-24)23(16)12-15-9-7-6-8-10-15/h6-10,16-19,24H,11-13H2,1-5H3,(H,22,25)/t16-,17?,18-,19-/m1/s1. The Balaban J connectivity index is 1.92. The van der Waals surface area contributed by atoms with Crippen molar-refractivity contribution < 1.29 is 19.4 Å². The van der Waals surface area contributed by atoms with Crippen molar-refractivity contribution in [1.82, 2.24) is 10.2 Å². The minimum atomic E-state index is -0.483. The lowest BCUT2D eigenvalue weighted by Crippen LogP contribution is -2.62. The molecule has 0 radical (unpaired) electrons. The van der Waals surface area contributed by atoms with Gasteiger partial charge in [-0.2, -0.15) is 0 Å². The molecular weight excluding hydrogens is 344 g/mol. The van der Waals surface area contributed by atoms with Crippen LogP contribution >= 0.6 is 0 Å². The van der Waals surface area contributed by atoms with Crippen LogP contribution in [0.3, 0.4) is 0 Å². The number of rotatable bonds is 5. The summed E-state index contributed by atoms with van der Waals surface area (Å²) >= 11 is 0. The molecule has 2 fully saturated rings. The molecule has 2 N–H and O–H groups in total. The molecule has 0 saturated carbocycles. The molecule has 27 heavy (non-hydrogen) atoms. The number of likely N-dealkylation sites (tertiary alicyclic amines) is 1. The van der Waals surface area contributed by atoms with Gasteiger partial charge in [-0.25, -0.2) is 0 Å². The van der Waals surface area contributed by atoms with Crippen LogP contribution in [-0.2, 0) is 20.8 Å². The average molecular weight is 376 g/mol. The number of carbonyl (C=O) groups is 1. The van der Waals surface area contributed by atoms with E-state index in [1.807, 2.05) is 45.9 Å². The SMILES string of the molecule is CC(=O)NC[C@@H]1[C@H]2OC(C)(C)C(C)(C)O[C@@H]2C(CO)N1Cc1ccccc1. The van der Waals surface area contributed by atoms with Crippen LogP contribution in [0.4, 0.5) is 0 Å². The number of hydrogen-bond acceptors (Lipinski definition) is 5. The molecule has 4 atom stereocenters. The van der Waals surface area contributed by atoms with Crippen LogP contribution in [0.15, 0.2) is 30.3 Å². The first-order valence-electron chi connectivity index (χ1n) is 9.67. The molecule has 0 aromatic heterocycles. The number of carbonyl (C=O) groups excluding carboxylic acids is 1. The highest BCUT2D eigenvalue weighted by Gasteiger charge is 2.59. The van der Waals surface area contributed by atoms with E-state index >= 15 is 0 Å². The lowest BCUT2D eigenvalue weighted by Gasteiger charge is -2.51. The predicted molar refractivity (Wildman–Crippen MR) is 103 cm³/mol. The van der Waals surface area contributed by atoms with E-state index < -0.39 is 11.2 Å². The first kappa shape index (κ1) is 20.3. The second-order valence-corrected chi connectivity index (χ2v) is 8.60. The fourth-order valence-electron chi connectivity index (χ4n) is 4.04. The van der Waals surface area contributed by atoms with Crippen LogP contribution in [0.1, 0.15) is 40.2 Å². The number of amides is 1. The summed E-state index contributed by atoms with van der Waals surface area (Å²) in [6.07, 6.45) is -0.471. The molecule has 3 rings (SSSR count). The molecule has 6 heteroatoms. The Morgan fingerprint density at radius 2 is 1.63 bits per heavy atom. The number of fused-ring (bicyclic) bond motifs is 1. The van der Waals surface area contributed by atoms with Crippen molar-refractivity contribution in [3.8, 4) is 0 Å². The Labute approximate surface area is 161 Å². The van der Waals surface area contributed by atoms with Crippen molar-refractivity contribution in [3.63, 3.8) is 0 Å². The summed E-state index contributed by atoms with van der Waals surface area (Å²) in [5.74, 6) is -0.0741. The molecule has 0 spiro atoms. The van der Waals surface area contributed by atoms with Crippen LogP contribution in [0.2, 0.25) is 0 Å². The fraction of sp³-hybridized carbons (Fsp3) is 0.667. The van der Waals surface area contributed by atoms with E-state index in [4.69, 9.17) is 9.47 Å². The van der Waals surface area contributed by atoms with Crippen LogP contribution in [0.5, 0.6) is 0 Å². The van der Waals surface area contributed by atoms with E-state index in [2.05, 4.69) is 22.3 Å². The van der Waals surface area contributed by atoms with Gasteiger partial charge in [-0.15, -0.1) is 0 Å². The van der Waals surface area contributed by atoms with Crippen molar-refractivity contribution in [2.45, 2.75) is 76.7 Å². The number of hydrogen-bond donors (Lipinski definition) is 2. The molecule has 150 valence electrons. The smallest absolute Gasteiger partial charge is 0.216 e. The Hall–Kier alpha value is -1.47. The van der Waals surface area contributed by atoms with Gasteiger partial charge in [0.25, 0.3) is 0 Å². The average Bonchev–Trinajstić information content (AvgIpc) is 2.84. The molecular formula is C21H32N2O4. The van der Waals surface area contributed by atoms with Gasteiger partial charge in [0.05, 0.1) is 29.9 Å². The summed E-state index contributed by atoms with van der Waals surface area (Å²) in [5.41, 5.74) is 0.190. The number of aliphatic hydroxyl groups excluding tert-OH is 1. The molecule has 0 bridgehead atoms. The number of aliphatic hydroxyl groups is 1. The number of nitrogens with zero attached hydrogens (tertiary/aromatic N) is 1. The van der Waals surface area contributed by atoms with Gasteiger partial charge >= 0.3 is 0 Å². The minimum absolute atomic E-state index is 0.0234. The van der Waals surface area contributed by atoms with Crippen LogP contribution in [0, 0.1) is 0 Å². The Morgan fingerprint density at radius 3 is 2.15 bits per heavy atom. The summed E-state index contributed by atoms with van der Waals surface area (Å²) in [5, 5.41) is 13.1. The molecule has 1 aromatic carbocycles. The van der Waals surface area contributed by atoms with E-state index in [0.717, 1.165) is 5.56 Å². The maximum atomic E-state index is 11.6. The number of ether oxygens (including phenoxy) is 2. The van der Waals surface area contributed by atoms with Gasteiger partial charge in [0.2, 0.25) is 5.91 Å². The lowest BCUT2D eigenvalue weighted by atomic mass is 9.85. The van der Waals surface area contributed by atoms with Crippen molar-refractivity contribution in [3.05, 3.63) is 35.9 Å². The summed E-state index contributed by atoms with van der Waals surface area (Å²) in [6.45, 7) is 10.7. The molecule has 0 aliphatic carbocycles. The quantitative estimate of drug-likeness (QED) is 0.819. The van der Waals surface area contributed by atoms with Gasteiger partial charge in [0.1, 0.15) is 12.2 Å². The zero-order valence-electron chi connectivity index (χ0n) is 16.9. The molecule has 2 aliphatic rings. The van der Waals surface area contributed by atoms with Crippen molar-refractivity contribution in [2.75, 3.05) is 13.2 Å². The third-order valence-corrected chi connectivity index (χ3v) is 6.20. The normalized spacial score (nSPS) is 32.1. The molecule has 2 heterocycles. The topological polar surface area (TPSA) is 71.0 Å². The second-order valence-electron chi connectivity index (χ2n) is 8.60. The Morgan fingerprint density at radius 1 is 1.07 bits per heavy atom. The monoisotopic (exact) mass is 376 g/mol. The van der Waals surface area contributed by atoms with E-state index in [0.29, 0.717) is 13.1 Å². The van der Waals surface area contributed by atoms with Gasteiger partial charge in [-0.3, -0.25) is 9.69 Å². The summed E-state index contributed by atoms with van der Waals surface area (Å²) in [4.78, 5) is 13.8. The molecule has 1 amide bonds. The lowest BCUT2D eigenvalue weighted by molar-refractivity contribution is -0.290. The molecule has 2 aliphatic heterocycles. The zero-order valence-corrected chi connectivity index (χ0v) is 16.9. The van der Waals surface area contributed by atoms with Crippen molar-refractivity contribution in [1.29, 1.82) is 0 Å². The largest absolute Gasteiger partial charge is 0.395 e. The van der Waals surface area contributed by atoms with Crippen LogP contribution in [0.25, 0.3) is 0 Å². The maximum absolute atomic E-state index is 11.6. The third kappa shape index (κ3) is 3.90. The van der Waals surface area contributed by atoms with Gasteiger partial charge in [0.15, 0.2) is 0 Å². The summed E-state index contributed by atoms with van der Waals surface area (Å²) < 4.78 is 13.0. The summed E-state index contributed by atoms with van der Waals surface area (Å²) in [6, 6.07) is 9.88. The van der Waals surface area contributed by atoms with E-state index in [1.165, 1.54) is 6.92 Å². The molecule has 2 saturated heterocycles. The highest BCUT2D eigenvalue weighted by Crippen LogP contribution is 2.44. The van der Waals surface area contributed by atoms with Crippen LogP contribution < -0.4 is 5.32 Å². The first-order chi connectivity index (χ1) is 12.7. The highest BCUT2D eigenvalue weighted by molar-refractivity contribution is 5.72. The summed E-state index contributed by atoms with van der Waals surface area (Å²) in [7, 11) is 0. The van der Waals surface area contributed by atoms with Gasteiger partial charge in [-0.05, 0) is 33.3 Å². The highest BCUT2D eigenvalue weighted by atomic mass is 16.6. The van der Waals surface area contributed by atoms with Crippen molar-refractivity contribution >= 4 is 5.91 Å². The molecule has 6 nitrogen and oxygen atoms in total.